The number of rotatable bonds is 3. The van der Waals surface area contributed by atoms with Crippen LogP contribution in [0.15, 0.2) is 0 Å². The van der Waals surface area contributed by atoms with Crippen LogP contribution in [0.5, 0.6) is 0 Å². The van der Waals surface area contributed by atoms with Gasteiger partial charge >= 0.3 is 0 Å². The maximum absolute atomic E-state index is 10.8. The van der Waals surface area contributed by atoms with Gasteiger partial charge in [-0.3, -0.25) is 9.69 Å². The summed E-state index contributed by atoms with van der Waals surface area (Å²) in [5.41, 5.74) is 0. The lowest BCUT2D eigenvalue weighted by atomic mass is 10.2. The van der Waals surface area contributed by atoms with E-state index in [1.54, 1.807) is 6.92 Å². The minimum absolute atomic E-state index is 0.273. The van der Waals surface area contributed by atoms with Crippen LogP contribution in [0.3, 0.4) is 0 Å². The van der Waals surface area contributed by atoms with E-state index < -0.39 is 0 Å². The first-order valence-corrected chi connectivity index (χ1v) is 4.48. The molecule has 1 rings (SSSR count). The minimum atomic E-state index is 0.273. The van der Waals surface area contributed by atoms with Gasteiger partial charge in [-0.05, 0) is 27.4 Å². The summed E-state index contributed by atoms with van der Waals surface area (Å²) >= 11 is 0. The van der Waals surface area contributed by atoms with Crippen molar-refractivity contribution in [3.05, 3.63) is 0 Å². The van der Waals surface area contributed by atoms with Crippen molar-refractivity contribution >= 4 is 5.78 Å². The molecule has 3 heteroatoms. The van der Waals surface area contributed by atoms with Gasteiger partial charge in [0, 0.05) is 19.1 Å². The van der Waals surface area contributed by atoms with Crippen LogP contribution in [-0.4, -0.2) is 55.4 Å². The zero-order valence-electron chi connectivity index (χ0n) is 8.21. The van der Waals surface area contributed by atoms with Crippen LogP contribution in [0.1, 0.15) is 13.3 Å². The summed E-state index contributed by atoms with van der Waals surface area (Å²) < 4.78 is 0. The fraction of sp³-hybridized carbons (Fsp3) is 0.889. The highest BCUT2D eigenvalue weighted by atomic mass is 16.1. The van der Waals surface area contributed by atoms with E-state index in [1.807, 2.05) is 0 Å². The van der Waals surface area contributed by atoms with Gasteiger partial charge in [-0.25, -0.2) is 0 Å². The van der Waals surface area contributed by atoms with Gasteiger partial charge in [-0.2, -0.15) is 0 Å². The lowest BCUT2D eigenvalue weighted by Crippen LogP contribution is -2.33. The Bertz CT molecular complexity index is 168. The Labute approximate surface area is 74.3 Å². The molecule has 0 aliphatic carbocycles. The first-order valence-electron chi connectivity index (χ1n) is 4.48. The summed E-state index contributed by atoms with van der Waals surface area (Å²) in [7, 11) is 4.20. The minimum Gasteiger partial charge on any atom is -0.305 e. The van der Waals surface area contributed by atoms with Gasteiger partial charge in [0.05, 0.1) is 6.54 Å². The molecular weight excluding hydrogens is 152 g/mol. The Morgan fingerprint density at radius 3 is 2.67 bits per heavy atom. The molecular formula is C9H18N2O. The van der Waals surface area contributed by atoms with Crippen molar-refractivity contribution in [2.45, 2.75) is 19.4 Å². The fourth-order valence-electron chi connectivity index (χ4n) is 1.69. The molecule has 1 atom stereocenters. The third-order valence-electron chi connectivity index (χ3n) is 2.42. The molecule has 0 aromatic rings. The van der Waals surface area contributed by atoms with Crippen LogP contribution < -0.4 is 0 Å². The third kappa shape index (κ3) is 2.57. The smallest absolute Gasteiger partial charge is 0.143 e. The molecule has 0 aromatic carbocycles. The van der Waals surface area contributed by atoms with Crippen LogP contribution in [0.2, 0.25) is 0 Å². The average Bonchev–Trinajstić information content (AvgIpc) is 2.34. The number of hydrogen-bond donors (Lipinski definition) is 0. The first-order chi connectivity index (χ1) is 5.59. The van der Waals surface area contributed by atoms with Gasteiger partial charge in [0.15, 0.2) is 0 Å². The maximum Gasteiger partial charge on any atom is 0.143 e. The molecule has 1 saturated heterocycles. The molecule has 0 N–H and O–H groups in total. The quantitative estimate of drug-likeness (QED) is 0.605. The normalized spacial score (nSPS) is 25.2. The molecule has 0 bridgehead atoms. The zero-order chi connectivity index (χ0) is 9.14. The van der Waals surface area contributed by atoms with Gasteiger partial charge in [0.1, 0.15) is 5.78 Å². The summed E-state index contributed by atoms with van der Waals surface area (Å²) in [5, 5.41) is 0. The van der Waals surface area contributed by atoms with Crippen LogP contribution in [0.25, 0.3) is 0 Å². The fourth-order valence-corrected chi connectivity index (χ4v) is 1.69. The maximum atomic E-state index is 10.8. The Kier molecular flexibility index (Phi) is 3.23. The van der Waals surface area contributed by atoms with Gasteiger partial charge < -0.3 is 4.90 Å². The Hall–Kier alpha value is -0.410. The van der Waals surface area contributed by atoms with E-state index >= 15 is 0 Å². The molecule has 1 aliphatic heterocycles. The molecule has 1 unspecified atom stereocenters. The second kappa shape index (κ2) is 4.01. The van der Waals surface area contributed by atoms with Crippen molar-refractivity contribution in [3.8, 4) is 0 Å². The number of hydrogen-bond acceptors (Lipinski definition) is 3. The van der Waals surface area contributed by atoms with E-state index in [0.717, 1.165) is 13.1 Å². The lowest BCUT2D eigenvalue weighted by molar-refractivity contribution is -0.117. The Morgan fingerprint density at radius 1 is 1.58 bits per heavy atom. The molecule has 1 heterocycles. The highest BCUT2D eigenvalue weighted by molar-refractivity contribution is 5.77. The summed E-state index contributed by atoms with van der Waals surface area (Å²) in [6.45, 7) is 4.41. The lowest BCUT2D eigenvalue weighted by Gasteiger charge is -2.19. The molecule has 3 nitrogen and oxygen atoms in total. The number of nitrogens with zero attached hydrogens (tertiary/aromatic N) is 2. The van der Waals surface area contributed by atoms with Gasteiger partial charge in [-0.15, -0.1) is 0 Å². The average molecular weight is 170 g/mol. The number of carbonyl (C=O) groups excluding carboxylic acids is 1. The molecule has 0 radical (unpaired) electrons. The number of likely N-dealkylation sites (N-methyl/N-ethyl adjacent to an activating group) is 1. The van der Waals surface area contributed by atoms with Crippen molar-refractivity contribution in [1.82, 2.24) is 9.80 Å². The number of carbonyl (C=O) groups is 1. The van der Waals surface area contributed by atoms with Gasteiger partial charge in [-0.1, -0.05) is 0 Å². The van der Waals surface area contributed by atoms with Crippen LogP contribution in [0.4, 0.5) is 0 Å². The predicted octanol–water partition coefficient (Wildman–Crippen LogP) is 0.211. The van der Waals surface area contributed by atoms with Gasteiger partial charge in [0.2, 0.25) is 0 Å². The van der Waals surface area contributed by atoms with E-state index in [2.05, 4.69) is 23.9 Å². The number of Topliss-reactive ketones (excluding diaryl/α,β-unsaturated/α-hetero) is 1. The third-order valence-corrected chi connectivity index (χ3v) is 2.42. The monoisotopic (exact) mass is 170 g/mol. The second-order valence-corrected chi connectivity index (χ2v) is 3.84. The van der Waals surface area contributed by atoms with E-state index in [0.29, 0.717) is 12.6 Å². The highest BCUT2D eigenvalue weighted by Gasteiger charge is 2.23. The number of ketones is 1. The Balaban J connectivity index is 2.30. The summed E-state index contributed by atoms with van der Waals surface area (Å²) in [6, 6.07) is 0.643. The topological polar surface area (TPSA) is 23.6 Å². The van der Waals surface area contributed by atoms with Crippen LogP contribution in [0, 0.1) is 0 Å². The molecule has 0 spiro atoms. The van der Waals surface area contributed by atoms with Gasteiger partial charge in [0.25, 0.3) is 0 Å². The molecule has 0 saturated carbocycles. The van der Waals surface area contributed by atoms with E-state index in [4.69, 9.17) is 0 Å². The highest BCUT2D eigenvalue weighted by Crippen LogP contribution is 2.12. The molecule has 70 valence electrons. The van der Waals surface area contributed by atoms with Crippen LogP contribution >= 0.6 is 0 Å². The standard InChI is InChI=1S/C9H18N2O/c1-8(12)6-11-5-4-9(7-11)10(2)3/h9H,4-7H2,1-3H3. The molecule has 1 aliphatic rings. The van der Waals surface area contributed by atoms with Crippen molar-refractivity contribution in [3.63, 3.8) is 0 Å². The van der Waals surface area contributed by atoms with Crippen molar-refractivity contribution in [2.75, 3.05) is 33.7 Å². The van der Waals surface area contributed by atoms with Crippen molar-refractivity contribution in [1.29, 1.82) is 0 Å². The summed E-state index contributed by atoms with van der Waals surface area (Å²) in [6.07, 6.45) is 1.19. The first kappa shape index (κ1) is 9.68. The summed E-state index contributed by atoms with van der Waals surface area (Å²) in [4.78, 5) is 15.3. The molecule has 12 heavy (non-hydrogen) atoms. The molecule has 1 fully saturated rings. The zero-order valence-corrected chi connectivity index (χ0v) is 8.21. The van der Waals surface area contributed by atoms with Crippen molar-refractivity contribution in [2.24, 2.45) is 0 Å². The van der Waals surface area contributed by atoms with Crippen molar-refractivity contribution < 1.29 is 4.79 Å². The van der Waals surface area contributed by atoms with Crippen LogP contribution in [-0.2, 0) is 4.79 Å². The molecule has 0 aromatic heterocycles. The van der Waals surface area contributed by atoms with E-state index in [-0.39, 0.29) is 5.78 Å². The summed E-state index contributed by atoms with van der Waals surface area (Å²) in [5.74, 6) is 0.273. The number of likely N-dealkylation sites (tertiary alicyclic amines) is 1. The van der Waals surface area contributed by atoms with E-state index in [9.17, 15) is 4.79 Å². The SMILES string of the molecule is CC(=O)CN1CCC(N(C)C)C1. The Morgan fingerprint density at radius 2 is 2.25 bits per heavy atom. The largest absolute Gasteiger partial charge is 0.305 e. The predicted molar refractivity (Wildman–Crippen MR) is 49.2 cm³/mol. The van der Waals surface area contributed by atoms with E-state index in [1.165, 1.54) is 6.42 Å². The molecule has 0 amide bonds. The second-order valence-electron chi connectivity index (χ2n) is 3.84.